The number of hydrogen-bond acceptors (Lipinski definition) is 3. The zero-order valence-corrected chi connectivity index (χ0v) is 7.34. The first-order chi connectivity index (χ1) is 6.07. The molecule has 0 bridgehead atoms. The third-order valence-corrected chi connectivity index (χ3v) is 1.81. The maximum atomic E-state index is 12.5. The number of ether oxygens (including phenoxy) is 1. The maximum Gasteiger partial charge on any atom is 0.267 e. The van der Waals surface area contributed by atoms with E-state index < -0.39 is 6.43 Å². The van der Waals surface area contributed by atoms with Crippen LogP contribution in [0.15, 0.2) is 6.20 Å². The van der Waals surface area contributed by atoms with Gasteiger partial charge in [-0.1, -0.05) is 0 Å². The Morgan fingerprint density at radius 2 is 2.15 bits per heavy atom. The van der Waals surface area contributed by atoms with Crippen molar-refractivity contribution in [3.63, 3.8) is 0 Å². The Hall–Kier alpha value is -1.39. The summed E-state index contributed by atoms with van der Waals surface area (Å²) in [4.78, 5) is 3.71. The minimum atomic E-state index is -2.60. The Morgan fingerprint density at radius 1 is 1.54 bits per heavy atom. The fourth-order valence-electron chi connectivity index (χ4n) is 1.05. The molecule has 0 spiro atoms. The first-order valence-electron chi connectivity index (χ1n) is 3.65. The molecule has 0 amide bonds. The second kappa shape index (κ2) is 3.55. The summed E-state index contributed by atoms with van der Waals surface area (Å²) in [6, 6.07) is 0. The summed E-state index contributed by atoms with van der Waals surface area (Å²) < 4.78 is 29.7. The van der Waals surface area contributed by atoms with Crippen LogP contribution >= 0.6 is 0 Å². The average molecular weight is 188 g/mol. The molecule has 0 aliphatic heterocycles. The minimum Gasteiger partial charge on any atom is -0.495 e. The zero-order chi connectivity index (χ0) is 10.0. The molecule has 0 unspecified atom stereocenters. The SMILES string of the molecule is COc1cnc(N)c(C)c1C(F)F. The van der Waals surface area contributed by atoms with Gasteiger partial charge in [-0.3, -0.25) is 0 Å². The van der Waals surface area contributed by atoms with Gasteiger partial charge in [0.2, 0.25) is 0 Å². The third-order valence-electron chi connectivity index (χ3n) is 1.81. The van der Waals surface area contributed by atoms with E-state index in [0.717, 1.165) is 0 Å². The summed E-state index contributed by atoms with van der Waals surface area (Å²) in [5.74, 6) is 0.179. The van der Waals surface area contributed by atoms with Gasteiger partial charge in [-0.15, -0.1) is 0 Å². The smallest absolute Gasteiger partial charge is 0.267 e. The zero-order valence-electron chi connectivity index (χ0n) is 7.34. The van der Waals surface area contributed by atoms with E-state index in [9.17, 15) is 8.78 Å². The van der Waals surface area contributed by atoms with Crippen molar-refractivity contribution in [1.29, 1.82) is 0 Å². The van der Waals surface area contributed by atoms with Crippen molar-refractivity contribution >= 4 is 5.82 Å². The largest absolute Gasteiger partial charge is 0.495 e. The molecule has 1 aromatic heterocycles. The number of pyridine rings is 1. The van der Waals surface area contributed by atoms with Crippen LogP contribution in [0.3, 0.4) is 0 Å². The molecule has 2 N–H and O–H groups in total. The molecule has 72 valence electrons. The Kier molecular flexibility index (Phi) is 2.65. The highest BCUT2D eigenvalue weighted by atomic mass is 19.3. The summed E-state index contributed by atoms with van der Waals surface area (Å²) in [7, 11) is 1.32. The molecular formula is C8H10F2N2O. The van der Waals surface area contributed by atoms with Gasteiger partial charge in [-0.25, -0.2) is 13.8 Å². The number of halogens is 2. The van der Waals surface area contributed by atoms with Crippen LogP contribution in [0.25, 0.3) is 0 Å². The van der Waals surface area contributed by atoms with E-state index >= 15 is 0 Å². The van der Waals surface area contributed by atoms with Crippen molar-refractivity contribution in [2.75, 3.05) is 12.8 Å². The number of alkyl halides is 2. The predicted octanol–water partition coefficient (Wildman–Crippen LogP) is 1.92. The molecule has 1 aromatic rings. The van der Waals surface area contributed by atoms with E-state index in [1.807, 2.05) is 0 Å². The Morgan fingerprint density at radius 3 is 2.62 bits per heavy atom. The lowest BCUT2D eigenvalue weighted by Crippen LogP contribution is -2.02. The van der Waals surface area contributed by atoms with E-state index in [1.165, 1.54) is 20.2 Å². The van der Waals surface area contributed by atoms with Crippen LogP contribution in [0.5, 0.6) is 5.75 Å². The highest BCUT2D eigenvalue weighted by Gasteiger charge is 2.18. The normalized spacial score (nSPS) is 10.5. The van der Waals surface area contributed by atoms with Crippen molar-refractivity contribution in [3.05, 3.63) is 17.3 Å². The Balaban J connectivity index is 3.32. The molecule has 0 radical (unpaired) electrons. The topological polar surface area (TPSA) is 48.1 Å². The molecule has 0 saturated carbocycles. The van der Waals surface area contributed by atoms with E-state index in [4.69, 9.17) is 10.5 Å². The molecule has 0 saturated heterocycles. The second-order valence-corrected chi connectivity index (χ2v) is 2.55. The molecule has 3 nitrogen and oxygen atoms in total. The quantitative estimate of drug-likeness (QED) is 0.771. The fourth-order valence-corrected chi connectivity index (χ4v) is 1.05. The summed E-state index contributed by atoms with van der Waals surface area (Å²) >= 11 is 0. The van der Waals surface area contributed by atoms with Crippen molar-refractivity contribution < 1.29 is 13.5 Å². The van der Waals surface area contributed by atoms with E-state index in [-0.39, 0.29) is 22.7 Å². The second-order valence-electron chi connectivity index (χ2n) is 2.55. The van der Waals surface area contributed by atoms with Crippen molar-refractivity contribution in [2.45, 2.75) is 13.3 Å². The number of anilines is 1. The molecule has 0 aliphatic carbocycles. The monoisotopic (exact) mass is 188 g/mol. The summed E-state index contributed by atoms with van der Waals surface area (Å²) in [6.07, 6.45) is -1.40. The Labute approximate surface area is 74.5 Å². The van der Waals surface area contributed by atoms with Gasteiger partial charge in [-0.05, 0) is 6.92 Å². The number of methoxy groups -OCH3 is 1. The van der Waals surface area contributed by atoms with Gasteiger partial charge in [-0.2, -0.15) is 0 Å². The van der Waals surface area contributed by atoms with Crippen molar-refractivity contribution in [3.8, 4) is 5.75 Å². The van der Waals surface area contributed by atoms with Crippen LogP contribution in [0.2, 0.25) is 0 Å². The van der Waals surface area contributed by atoms with Gasteiger partial charge in [0.1, 0.15) is 11.6 Å². The lowest BCUT2D eigenvalue weighted by Gasteiger charge is -2.11. The summed E-state index contributed by atoms with van der Waals surface area (Å²) in [6.45, 7) is 1.49. The van der Waals surface area contributed by atoms with Crippen LogP contribution in [-0.4, -0.2) is 12.1 Å². The third kappa shape index (κ3) is 1.68. The van der Waals surface area contributed by atoms with Gasteiger partial charge < -0.3 is 10.5 Å². The van der Waals surface area contributed by atoms with E-state index in [2.05, 4.69) is 4.98 Å². The number of nitrogens with zero attached hydrogens (tertiary/aromatic N) is 1. The highest BCUT2D eigenvalue weighted by Crippen LogP contribution is 2.32. The van der Waals surface area contributed by atoms with Crippen molar-refractivity contribution in [2.24, 2.45) is 0 Å². The lowest BCUT2D eigenvalue weighted by atomic mass is 10.1. The van der Waals surface area contributed by atoms with Gasteiger partial charge in [0.25, 0.3) is 6.43 Å². The first-order valence-corrected chi connectivity index (χ1v) is 3.65. The first kappa shape index (κ1) is 9.70. The average Bonchev–Trinajstić information content (AvgIpc) is 2.08. The standard InChI is InChI=1S/C8H10F2N2O/c1-4-6(7(9)10)5(13-2)3-12-8(4)11/h3,7H,1-2H3,(H2,11,12). The number of nitrogen functional groups attached to an aromatic ring is 1. The van der Waals surface area contributed by atoms with Gasteiger partial charge >= 0.3 is 0 Å². The van der Waals surface area contributed by atoms with Gasteiger partial charge in [0.15, 0.2) is 0 Å². The van der Waals surface area contributed by atoms with Crippen LogP contribution in [-0.2, 0) is 0 Å². The molecule has 13 heavy (non-hydrogen) atoms. The molecule has 0 atom stereocenters. The number of hydrogen-bond donors (Lipinski definition) is 1. The van der Waals surface area contributed by atoms with Crippen LogP contribution in [0.1, 0.15) is 17.6 Å². The van der Waals surface area contributed by atoms with Gasteiger partial charge in [0, 0.05) is 5.56 Å². The van der Waals surface area contributed by atoms with Crippen LogP contribution < -0.4 is 10.5 Å². The maximum absolute atomic E-state index is 12.5. The predicted molar refractivity (Wildman–Crippen MR) is 44.9 cm³/mol. The highest BCUT2D eigenvalue weighted by molar-refractivity contribution is 5.50. The molecule has 0 aromatic carbocycles. The van der Waals surface area contributed by atoms with Crippen molar-refractivity contribution in [1.82, 2.24) is 4.98 Å². The molecular weight excluding hydrogens is 178 g/mol. The summed E-state index contributed by atoms with van der Waals surface area (Å²) in [5.41, 5.74) is 5.47. The molecule has 0 fully saturated rings. The minimum absolute atomic E-state index is 0.0710. The molecule has 0 aliphatic rings. The van der Waals surface area contributed by atoms with Crippen LogP contribution in [0, 0.1) is 6.92 Å². The number of rotatable bonds is 2. The molecule has 1 heterocycles. The fraction of sp³-hybridized carbons (Fsp3) is 0.375. The molecule has 1 rings (SSSR count). The number of nitrogens with two attached hydrogens (primary N) is 1. The summed E-state index contributed by atoms with van der Waals surface area (Å²) in [5, 5.41) is 0. The number of aromatic nitrogens is 1. The Bertz CT molecular complexity index is 315. The lowest BCUT2D eigenvalue weighted by molar-refractivity contribution is 0.146. The van der Waals surface area contributed by atoms with E-state index in [0.29, 0.717) is 0 Å². The van der Waals surface area contributed by atoms with Crippen LogP contribution in [0.4, 0.5) is 14.6 Å². The van der Waals surface area contributed by atoms with Gasteiger partial charge in [0.05, 0.1) is 18.9 Å². The van der Waals surface area contributed by atoms with E-state index in [1.54, 1.807) is 0 Å². The molecule has 5 heteroatoms.